The first-order valence-corrected chi connectivity index (χ1v) is 6.12. The highest BCUT2D eigenvalue weighted by Crippen LogP contribution is 2.34. The second kappa shape index (κ2) is 4.19. The minimum Gasteiger partial charge on any atom is -0.375 e. The van der Waals surface area contributed by atoms with Gasteiger partial charge in [0, 0.05) is 18.0 Å². The Morgan fingerprint density at radius 1 is 1.29 bits per heavy atom. The lowest BCUT2D eigenvalue weighted by Gasteiger charge is -2.24. The highest BCUT2D eigenvalue weighted by Gasteiger charge is 2.39. The molecule has 82 valence electrons. The molecule has 2 saturated heterocycles. The lowest BCUT2D eigenvalue weighted by molar-refractivity contribution is 0.0151. The van der Waals surface area contributed by atoms with Crippen molar-refractivity contribution in [1.82, 2.24) is 5.32 Å². The predicted molar refractivity (Wildman–Crippen MR) is 58.4 cm³/mol. The van der Waals surface area contributed by atoms with Crippen LogP contribution in [0.4, 0.5) is 0 Å². The van der Waals surface area contributed by atoms with Crippen LogP contribution in [0.2, 0.25) is 0 Å². The van der Waals surface area contributed by atoms with Crippen LogP contribution in [-0.2, 0) is 4.74 Å². The molecular formula is C12H23NO. The molecule has 14 heavy (non-hydrogen) atoms. The zero-order valence-corrected chi connectivity index (χ0v) is 9.62. The largest absolute Gasteiger partial charge is 0.375 e. The normalized spacial score (nSPS) is 48.6. The van der Waals surface area contributed by atoms with Gasteiger partial charge in [0.2, 0.25) is 0 Å². The summed E-state index contributed by atoms with van der Waals surface area (Å²) in [5, 5.41) is 3.67. The fraction of sp³-hybridized carbons (Fsp3) is 1.00. The Balaban J connectivity index is 1.95. The van der Waals surface area contributed by atoms with Gasteiger partial charge in [0.05, 0.1) is 12.2 Å². The van der Waals surface area contributed by atoms with Crippen LogP contribution < -0.4 is 5.32 Å². The van der Waals surface area contributed by atoms with Crippen LogP contribution in [-0.4, -0.2) is 24.3 Å². The van der Waals surface area contributed by atoms with Gasteiger partial charge in [-0.05, 0) is 39.5 Å². The smallest absolute Gasteiger partial charge is 0.0623 e. The third kappa shape index (κ3) is 1.96. The molecule has 0 aromatic rings. The summed E-state index contributed by atoms with van der Waals surface area (Å²) >= 11 is 0. The monoisotopic (exact) mass is 197 g/mol. The van der Waals surface area contributed by atoms with E-state index in [-0.39, 0.29) is 0 Å². The summed E-state index contributed by atoms with van der Waals surface area (Å²) in [6.07, 6.45) is 6.10. The fourth-order valence-corrected chi connectivity index (χ4v) is 3.11. The maximum atomic E-state index is 5.99. The first-order chi connectivity index (χ1) is 6.70. The second-order valence-electron chi connectivity index (χ2n) is 5.04. The third-order valence-corrected chi connectivity index (χ3v) is 3.82. The van der Waals surface area contributed by atoms with Gasteiger partial charge >= 0.3 is 0 Å². The van der Waals surface area contributed by atoms with Crippen LogP contribution in [0, 0.1) is 5.92 Å². The van der Waals surface area contributed by atoms with Gasteiger partial charge < -0.3 is 10.1 Å². The SMILES string of the molecule is CCC1NC(C)CC1C1CCC(C)O1. The van der Waals surface area contributed by atoms with Crippen LogP contribution >= 0.6 is 0 Å². The van der Waals surface area contributed by atoms with Crippen molar-refractivity contribution in [1.29, 1.82) is 0 Å². The number of nitrogens with one attached hydrogen (secondary N) is 1. The van der Waals surface area contributed by atoms with E-state index in [1.54, 1.807) is 0 Å². The Morgan fingerprint density at radius 3 is 2.64 bits per heavy atom. The van der Waals surface area contributed by atoms with Crippen molar-refractivity contribution in [2.24, 2.45) is 5.92 Å². The van der Waals surface area contributed by atoms with Crippen molar-refractivity contribution >= 4 is 0 Å². The molecule has 0 amide bonds. The van der Waals surface area contributed by atoms with E-state index in [4.69, 9.17) is 4.74 Å². The molecular weight excluding hydrogens is 174 g/mol. The minimum absolute atomic E-state index is 0.494. The van der Waals surface area contributed by atoms with Crippen molar-refractivity contribution in [2.45, 2.75) is 70.7 Å². The molecule has 0 aliphatic carbocycles. The van der Waals surface area contributed by atoms with Crippen molar-refractivity contribution < 1.29 is 4.74 Å². The van der Waals surface area contributed by atoms with E-state index in [1.165, 1.54) is 25.7 Å². The zero-order valence-electron chi connectivity index (χ0n) is 9.62. The van der Waals surface area contributed by atoms with Crippen LogP contribution in [0.1, 0.15) is 46.5 Å². The topological polar surface area (TPSA) is 21.3 Å². The van der Waals surface area contributed by atoms with E-state index in [2.05, 4.69) is 26.1 Å². The van der Waals surface area contributed by atoms with Gasteiger partial charge in [-0.25, -0.2) is 0 Å². The van der Waals surface area contributed by atoms with Gasteiger partial charge in [0.1, 0.15) is 0 Å². The van der Waals surface area contributed by atoms with Gasteiger partial charge in [-0.2, -0.15) is 0 Å². The number of hydrogen-bond donors (Lipinski definition) is 1. The lowest BCUT2D eigenvalue weighted by atomic mass is 9.90. The fourth-order valence-electron chi connectivity index (χ4n) is 3.11. The maximum absolute atomic E-state index is 5.99. The van der Waals surface area contributed by atoms with Gasteiger partial charge in [-0.15, -0.1) is 0 Å². The standard InChI is InChI=1S/C12H23NO/c1-4-11-10(7-8(2)13-11)12-6-5-9(3)14-12/h8-13H,4-7H2,1-3H3. The molecule has 0 aromatic heterocycles. The van der Waals surface area contributed by atoms with Crippen LogP contribution in [0.25, 0.3) is 0 Å². The molecule has 2 heterocycles. The number of hydrogen-bond acceptors (Lipinski definition) is 2. The summed E-state index contributed by atoms with van der Waals surface area (Å²) in [6.45, 7) is 6.77. The van der Waals surface area contributed by atoms with Crippen molar-refractivity contribution in [3.8, 4) is 0 Å². The van der Waals surface area contributed by atoms with E-state index >= 15 is 0 Å². The molecule has 2 aliphatic heterocycles. The summed E-state index contributed by atoms with van der Waals surface area (Å²) in [5.74, 6) is 0.764. The Bertz CT molecular complexity index is 195. The maximum Gasteiger partial charge on any atom is 0.0623 e. The molecule has 2 rings (SSSR count). The third-order valence-electron chi connectivity index (χ3n) is 3.82. The number of rotatable bonds is 2. The van der Waals surface area contributed by atoms with Crippen molar-refractivity contribution in [3.05, 3.63) is 0 Å². The summed E-state index contributed by atoms with van der Waals surface area (Å²) in [7, 11) is 0. The molecule has 1 N–H and O–H groups in total. The molecule has 5 unspecified atom stereocenters. The van der Waals surface area contributed by atoms with Crippen LogP contribution in [0.5, 0.6) is 0 Å². The Labute approximate surface area is 87.4 Å². The molecule has 2 aliphatic rings. The summed E-state index contributed by atoms with van der Waals surface area (Å²) < 4.78 is 5.99. The highest BCUT2D eigenvalue weighted by molar-refractivity contribution is 4.93. The summed E-state index contributed by atoms with van der Waals surface area (Å²) in [6, 6.07) is 1.38. The quantitative estimate of drug-likeness (QED) is 0.733. The first-order valence-electron chi connectivity index (χ1n) is 6.12. The molecule has 0 radical (unpaired) electrons. The Morgan fingerprint density at radius 2 is 2.07 bits per heavy atom. The minimum atomic E-state index is 0.494. The van der Waals surface area contributed by atoms with Gasteiger partial charge in [-0.1, -0.05) is 6.92 Å². The van der Waals surface area contributed by atoms with Gasteiger partial charge in [-0.3, -0.25) is 0 Å². The van der Waals surface area contributed by atoms with E-state index < -0.39 is 0 Å². The van der Waals surface area contributed by atoms with Gasteiger partial charge in [0.15, 0.2) is 0 Å². The van der Waals surface area contributed by atoms with Crippen molar-refractivity contribution in [2.75, 3.05) is 0 Å². The predicted octanol–water partition coefficient (Wildman–Crippen LogP) is 2.33. The van der Waals surface area contributed by atoms with E-state index in [9.17, 15) is 0 Å². The van der Waals surface area contributed by atoms with Crippen molar-refractivity contribution in [3.63, 3.8) is 0 Å². The molecule has 0 spiro atoms. The van der Waals surface area contributed by atoms with Gasteiger partial charge in [0.25, 0.3) is 0 Å². The molecule has 2 heteroatoms. The summed E-state index contributed by atoms with van der Waals surface area (Å²) in [4.78, 5) is 0. The highest BCUT2D eigenvalue weighted by atomic mass is 16.5. The van der Waals surface area contributed by atoms with E-state index in [0.717, 1.165) is 5.92 Å². The Kier molecular flexibility index (Phi) is 3.13. The average Bonchev–Trinajstić information content (AvgIpc) is 2.71. The van der Waals surface area contributed by atoms with Crippen LogP contribution in [0.15, 0.2) is 0 Å². The average molecular weight is 197 g/mol. The second-order valence-corrected chi connectivity index (χ2v) is 5.04. The number of ether oxygens (including phenoxy) is 1. The lowest BCUT2D eigenvalue weighted by Crippen LogP contribution is -2.34. The zero-order chi connectivity index (χ0) is 10.1. The molecule has 0 bridgehead atoms. The molecule has 2 nitrogen and oxygen atoms in total. The summed E-state index contributed by atoms with van der Waals surface area (Å²) in [5.41, 5.74) is 0. The molecule has 5 atom stereocenters. The van der Waals surface area contributed by atoms with Crippen LogP contribution in [0.3, 0.4) is 0 Å². The molecule has 0 aromatic carbocycles. The molecule has 0 saturated carbocycles. The van der Waals surface area contributed by atoms with E-state index in [0.29, 0.717) is 24.3 Å². The Hall–Kier alpha value is -0.0800. The first kappa shape index (κ1) is 10.4. The molecule has 2 fully saturated rings. The van der Waals surface area contributed by atoms with E-state index in [1.807, 2.05) is 0 Å².